The van der Waals surface area contributed by atoms with Crippen LogP contribution in [-0.2, 0) is 0 Å². The lowest BCUT2D eigenvalue weighted by Crippen LogP contribution is -2.15. The summed E-state index contributed by atoms with van der Waals surface area (Å²) in [5.74, 6) is 1.52. The van der Waals surface area contributed by atoms with Gasteiger partial charge in [0.1, 0.15) is 5.52 Å². The zero-order chi connectivity index (χ0) is 15.9. The van der Waals surface area contributed by atoms with Gasteiger partial charge in [0.2, 0.25) is 0 Å². The highest BCUT2D eigenvalue weighted by atomic mass is 15.4. The van der Waals surface area contributed by atoms with Gasteiger partial charge >= 0.3 is 0 Å². The summed E-state index contributed by atoms with van der Waals surface area (Å²) < 4.78 is 2.10. The lowest BCUT2D eigenvalue weighted by Gasteiger charge is -2.21. The number of unbranched alkanes of at least 4 members (excludes halogenated alkanes) is 1. The zero-order valence-corrected chi connectivity index (χ0v) is 14.6. The summed E-state index contributed by atoms with van der Waals surface area (Å²) in [5.41, 5.74) is 2.15. The first kappa shape index (κ1) is 17.0. The van der Waals surface area contributed by atoms with Crippen molar-refractivity contribution in [2.24, 2.45) is 11.8 Å². The number of fused-ring (bicyclic) bond motifs is 1. The number of benzene rings is 1. The van der Waals surface area contributed by atoms with Crippen LogP contribution in [-0.4, -0.2) is 15.0 Å². The maximum absolute atomic E-state index is 4.36. The average Bonchev–Trinajstić information content (AvgIpc) is 2.95. The lowest BCUT2D eigenvalue weighted by molar-refractivity contribution is 0.321. The third-order valence-electron chi connectivity index (χ3n) is 4.97. The van der Waals surface area contributed by atoms with E-state index in [0.29, 0.717) is 12.0 Å². The van der Waals surface area contributed by atoms with Crippen molar-refractivity contribution in [3.05, 3.63) is 24.3 Å². The maximum Gasteiger partial charge on any atom is 0.113 e. The van der Waals surface area contributed by atoms with Crippen molar-refractivity contribution in [3.8, 4) is 0 Å². The first-order chi connectivity index (χ1) is 10.6. The van der Waals surface area contributed by atoms with Crippen LogP contribution in [0.15, 0.2) is 24.3 Å². The Morgan fingerprint density at radius 2 is 1.73 bits per heavy atom. The van der Waals surface area contributed by atoms with Crippen molar-refractivity contribution in [2.75, 3.05) is 0 Å². The summed E-state index contributed by atoms with van der Waals surface area (Å²) in [6.45, 7) is 9.28. The Balaban J connectivity index is 1.83. The number of nitrogens with zero attached hydrogens (tertiary/aromatic N) is 3. The van der Waals surface area contributed by atoms with E-state index in [9.17, 15) is 0 Å². The van der Waals surface area contributed by atoms with Crippen molar-refractivity contribution < 1.29 is 0 Å². The highest BCUT2D eigenvalue weighted by Gasteiger charge is 2.17. The monoisotopic (exact) mass is 301 g/mol. The molecule has 1 heterocycles. The summed E-state index contributed by atoms with van der Waals surface area (Å²) >= 11 is 0. The highest BCUT2D eigenvalue weighted by molar-refractivity contribution is 5.73. The van der Waals surface area contributed by atoms with E-state index < -0.39 is 0 Å². The van der Waals surface area contributed by atoms with Crippen molar-refractivity contribution >= 4 is 11.0 Å². The standard InChI is InChI=1S/C19H31N3/c1-5-10-15(2)11-6-7-12-16(3)17(4)22-19-14-9-8-13-18(19)20-21-22/h8-9,13-17H,5-7,10-12H2,1-4H3. The van der Waals surface area contributed by atoms with E-state index in [4.69, 9.17) is 0 Å². The molecule has 0 N–H and O–H groups in total. The van der Waals surface area contributed by atoms with Gasteiger partial charge in [0.25, 0.3) is 0 Å². The first-order valence-corrected chi connectivity index (χ1v) is 8.93. The molecule has 0 saturated carbocycles. The Morgan fingerprint density at radius 3 is 2.50 bits per heavy atom. The summed E-state index contributed by atoms with van der Waals surface area (Å²) in [4.78, 5) is 0. The van der Waals surface area contributed by atoms with Crippen LogP contribution in [0.3, 0.4) is 0 Å². The Hall–Kier alpha value is -1.38. The molecule has 0 radical (unpaired) electrons. The minimum absolute atomic E-state index is 0.403. The van der Waals surface area contributed by atoms with Gasteiger partial charge in [0, 0.05) is 0 Å². The van der Waals surface area contributed by atoms with Crippen LogP contribution < -0.4 is 0 Å². The molecule has 0 fully saturated rings. The normalized spacial score (nSPS) is 15.8. The molecule has 2 rings (SSSR count). The number of aromatic nitrogens is 3. The van der Waals surface area contributed by atoms with Gasteiger partial charge in [-0.2, -0.15) is 0 Å². The molecule has 0 aliphatic carbocycles. The molecule has 3 nitrogen and oxygen atoms in total. The van der Waals surface area contributed by atoms with Crippen LogP contribution in [0.5, 0.6) is 0 Å². The van der Waals surface area contributed by atoms with Crippen LogP contribution in [0.25, 0.3) is 11.0 Å². The Kier molecular flexibility index (Phi) is 6.41. The zero-order valence-electron chi connectivity index (χ0n) is 14.6. The average molecular weight is 301 g/mol. The van der Waals surface area contributed by atoms with Crippen molar-refractivity contribution in [3.63, 3.8) is 0 Å². The quantitative estimate of drug-likeness (QED) is 0.562. The molecule has 22 heavy (non-hydrogen) atoms. The molecule has 0 aliphatic rings. The lowest BCUT2D eigenvalue weighted by atomic mass is 9.93. The Bertz CT molecular complexity index is 561. The summed E-state index contributed by atoms with van der Waals surface area (Å²) in [7, 11) is 0. The third-order valence-corrected chi connectivity index (χ3v) is 4.97. The predicted octanol–water partition coefficient (Wildman–Crippen LogP) is 5.63. The predicted molar refractivity (Wildman–Crippen MR) is 93.9 cm³/mol. The minimum atomic E-state index is 0.403. The Morgan fingerprint density at radius 1 is 1.00 bits per heavy atom. The fourth-order valence-electron chi connectivity index (χ4n) is 3.27. The van der Waals surface area contributed by atoms with Gasteiger partial charge < -0.3 is 0 Å². The van der Waals surface area contributed by atoms with E-state index in [1.165, 1.54) is 38.5 Å². The number of hydrogen-bond acceptors (Lipinski definition) is 2. The second-order valence-corrected chi connectivity index (χ2v) is 6.92. The molecule has 0 aliphatic heterocycles. The first-order valence-electron chi connectivity index (χ1n) is 8.93. The third kappa shape index (κ3) is 4.31. The van der Waals surface area contributed by atoms with E-state index in [-0.39, 0.29) is 0 Å². The molecule has 2 aromatic rings. The van der Waals surface area contributed by atoms with Gasteiger partial charge in [-0.05, 0) is 37.3 Å². The van der Waals surface area contributed by atoms with Crippen molar-refractivity contribution in [2.45, 2.75) is 72.3 Å². The van der Waals surface area contributed by atoms with Crippen LogP contribution in [0, 0.1) is 11.8 Å². The molecule has 1 aromatic carbocycles. The number of para-hydroxylation sites is 1. The summed E-state index contributed by atoms with van der Waals surface area (Å²) in [6.07, 6.45) is 8.02. The minimum Gasteiger partial charge on any atom is -0.242 e. The van der Waals surface area contributed by atoms with Gasteiger partial charge in [0.05, 0.1) is 11.6 Å². The van der Waals surface area contributed by atoms with Gasteiger partial charge in [-0.25, -0.2) is 4.68 Å². The molecule has 0 bridgehead atoms. The molecule has 122 valence electrons. The highest BCUT2D eigenvalue weighted by Crippen LogP contribution is 2.26. The molecule has 0 amide bonds. The van der Waals surface area contributed by atoms with Gasteiger partial charge in [-0.3, -0.25) is 0 Å². The molecule has 0 spiro atoms. The fraction of sp³-hybridized carbons (Fsp3) is 0.684. The van der Waals surface area contributed by atoms with E-state index in [0.717, 1.165) is 17.0 Å². The summed E-state index contributed by atoms with van der Waals surface area (Å²) in [5, 5.41) is 8.64. The van der Waals surface area contributed by atoms with E-state index in [1.807, 2.05) is 12.1 Å². The second kappa shape index (κ2) is 8.30. The molecule has 3 heteroatoms. The molecule has 3 atom stereocenters. The topological polar surface area (TPSA) is 30.7 Å². The van der Waals surface area contributed by atoms with Crippen LogP contribution in [0.2, 0.25) is 0 Å². The van der Waals surface area contributed by atoms with Crippen LogP contribution in [0.4, 0.5) is 0 Å². The largest absolute Gasteiger partial charge is 0.242 e. The maximum atomic E-state index is 4.36. The van der Waals surface area contributed by atoms with E-state index in [2.05, 4.69) is 54.8 Å². The van der Waals surface area contributed by atoms with Crippen molar-refractivity contribution in [1.29, 1.82) is 0 Å². The second-order valence-electron chi connectivity index (χ2n) is 6.92. The smallest absolute Gasteiger partial charge is 0.113 e. The van der Waals surface area contributed by atoms with E-state index >= 15 is 0 Å². The molecular formula is C19H31N3. The van der Waals surface area contributed by atoms with Crippen LogP contribution >= 0.6 is 0 Å². The number of rotatable bonds is 9. The SMILES string of the molecule is CCCC(C)CCCCC(C)C(C)n1nnc2ccccc21. The molecule has 1 aromatic heterocycles. The number of hydrogen-bond donors (Lipinski definition) is 0. The van der Waals surface area contributed by atoms with Gasteiger partial charge in [0.15, 0.2) is 0 Å². The molecule has 3 unspecified atom stereocenters. The molecule has 0 saturated heterocycles. The van der Waals surface area contributed by atoms with Crippen molar-refractivity contribution in [1.82, 2.24) is 15.0 Å². The van der Waals surface area contributed by atoms with Gasteiger partial charge in [-0.1, -0.05) is 70.2 Å². The Labute approximate surface area is 135 Å². The fourth-order valence-corrected chi connectivity index (χ4v) is 3.27. The van der Waals surface area contributed by atoms with E-state index in [1.54, 1.807) is 0 Å². The summed E-state index contributed by atoms with van der Waals surface area (Å²) in [6, 6.07) is 8.64. The molecular weight excluding hydrogens is 270 g/mol. The van der Waals surface area contributed by atoms with Gasteiger partial charge in [-0.15, -0.1) is 5.10 Å². The van der Waals surface area contributed by atoms with Crippen LogP contribution in [0.1, 0.15) is 72.3 Å².